The molecule has 0 amide bonds. The molecule has 0 aromatic heterocycles. The summed E-state index contributed by atoms with van der Waals surface area (Å²) in [5, 5.41) is 9.70. The van der Waals surface area contributed by atoms with E-state index in [9.17, 15) is 14.7 Å². The first-order chi connectivity index (χ1) is 22.6. The minimum Gasteiger partial charge on any atom is -0.462 e. The molecule has 3 aliphatic rings. The number of carbonyl (C=O) groups excluding carboxylic acids is 2. The second-order valence-corrected chi connectivity index (χ2v) is 15.6. The maximum absolute atomic E-state index is 12.4. The van der Waals surface area contributed by atoms with Gasteiger partial charge in [0.05, 0.1) is 24.9 Å². The molecular weight excluding hydrogens is 584 g/mol. The van der Waals surface area contributed by atoms with Gasteiger partial charge < -0.3 is 14.6 Å². The van der Waals surface area contributed by atoms with E-state index in [0.717, 1.165) is 36.5 Å². The van der Waals surface area contributed by atoms with Crippen molar-refractivity contribution in [3.05, 3.63) is 59.2 Å². The molecule has 4 rings (SSSR count). The van der Waals surface area contributed by atoms with Crippen molar-refractivity contribution in [1.82, 2.24) is 0 Å². The van der Waals surface area contributed by atoms with E-state index >= 15 is 0 Å². The Morgan fingerprint density at radius 2 is 1.40 bits per heavy atom. The maximum Gasteiger partial charge on any atom is 0.336 e. The summed E-state index contributed by atoms with van der Waals surface area (Å²) in [5.74, 6) is 3.17. The molecule has 5 nitrogen and oxygen atoms in total. The van der Waals surface area contributed by atoms with Crippen LogP contribution < -0.4 is 0 Å². The van der Waals surface area contributed by atoms with E-state index in [0.29, 0.717) is 17.4 Å². The van der Waals surface area contributed by atoms with E-state index < -0.39 is 18.0 Å². The monoisotopic (exact) mass is 648 g/mol. The molecule has 0 bridgehead atoms. The zero-order chi connectivity index (χ0) is 33.9. The fraction of sp³-hybridized carbons (Fsp3) is 0.714. The zero-order valence-corrected chi connectivity index (χ0v) is 30.1. The Labute approximate surface area is 286 Å². The van der Waals surface area contributed by atoms with Crippen molar-refractivity contribution in [3.63, 3.8) is 0 Å². The first-order valence-corrected chi connectivity index (χ1v) is 19.0. The van der Waals surface area contributed by atoms with Crippen LogP contribution in [0.2, 0.25) is 0 Å². The summed E-state index contributed by atoms with van der Waals surface area (Å²) in [4.78, 5) is 24.5. The predicted molar refractivity (Wildman–Crippen MR) is 191 cm³/mol. The van der Waals surface area contributed by atoms with Crippen LogP contribution in [0.5, 0.6) is 0 Å². The van der Waals surface area contributed by atoms with Crippen LogP contribution >= 0.6 is 0 Å². The molecule has 2 atom stereocenters. The third-order valence-corrected chi connectivity index (χ3v) is 12.2. The van der Waals surface area contributed by atoms with Crippen LogP contribution in [-0.4, -0.2) is 36.4 Å². The molecule has 0 aliphatic heterocycles. The van der Waals surface area contributed by atoms with E-state index in [-0.39, 0.29) is 24.7 Å². The lowest BCUT2D eigenvalue weighted by Gasteiger charge is -2.40. The molecule has 0 heterocycles. The standard InChI is InChI=1S/C42H64O5/c1-7-8-9-10-32-11-13-35(14-12-32)38-23-24-40(29(4)25-38)37-21-19-34(20-22-37)33-15-17-36(18-16-33)39(26-46-41(44)28(2)3)27-47-42(45)30(5)31(6)43/h23-25,31-37,39,43H,2,5,7-22,26-27H2,1,3-4,6H3. The largest absolute Gasteiger partial charge is 0.462 e. The summed E-state index contributed by atoms with van der Waals surface area (Å²) in [6, 6.07) is 7.49. The van der Waals surface area contributed by atoms with Crippen molar-refractivity contribution in [2.75, 3.05) is 13.2 Å². The molecule has 1 aromatic rings. The molecule has 5 heteroatoms. The van der Waals surface area contributed by atoms with E-state index in [1.165, 1.54) is 102 Å². The van der Waals surface area contributed by atoms with Gasteiger partial charge in [-0.2, -0.15) is 0 Å². The molecule has 3 fully saturated rings. The van der Waals surface area contributed by atoms with Crippen LogP contribution in [0.3, 0.4) is 0 Å². The predicted octanol–water partition coefficient (Wildman–Crippen LogP) is 10.1. The highest BCUT2D eigenvalue weighted by atomic mass is 16.5. The van der Waals surface area contributed by atoms with Gasteiger partial charge in [-0.1, -0.05) is 64.0 Å². The maximum atomic E-state index is 12.4. The average molecular weight is 649 g/mol. The molecule has 1 N–H and O–H groups in total. The van der Waals surface area contributed by atoms with Gasteiger partial charge in [-0.05, 0) is 150 Å². The Morgan fingerprint density at radius 1 is 0.830 bits per heavy atom. The summed E-state index contributed by atoms with van der Waals surface area (Å²) in [6.45, 7) is 15.5. The molecule has 47 heavy (non-hydrogen) atoms. The van der Waals surface area contributed by atoms with Crippen molar-refractivity contribution in [1.29, 1.82) is 0 Å². The summed E-state index contributed by atoms with van der Waals surface area (Å²) in [5.41, 5.74) is 5.09. The van der Waals surface area contributed by atoms with Gasteiger partial charge in [0, 0.05) is 11.5 Å². The van der Waals surface area contributed by atoms with Gasteiger partial charge >= 0.3 is 11.9 Å². The smallest absolute Gasteiger partial charge is 0.336 e. The fourth-order valence-corrected chi connectivity index (χ4v) is 8.94. The zero-order valence-electron chi connectivity index (χ0n) is 30.1. The summed E-state index contributed by atoms with van der Waals surface area (Å²) in [6.07, 6.45) is 19.8. The van der Waals surface area contributed by atoms with Gasteiger partial charge in [-0.25, -0.2) is 9.59 Å². The number of aliphatic hydroxyl groups excluding tert-OH is 1. The lowest BCUT2D eigenvalue weighted by molar-refractivity contribution is -0.146. The van der Waals surface area contributed by atoms with E-state index in [1.54, 1.807) is 18.1 Å². The summed E-state index contributed by atoms with van der Waals surface area (Å²) in [7, 11) is 0. The second kappa shape index (κ2) is 18.4. The van der Waals surface area contributed by atoms with Crippen LogP contribution in [0.15, 0.2) is 42.5 Å². The Hall–Kier alpha value is -2.40. The third-order valence-electron chi connectivity index (χ3n) is 12.2. The van der Waals surface area contributed by atoms with Gasteiger partial charge in [-0.3, -0.25) is 0 Å². The van der Waals surface area contributed by atoms with Crippen LogP contribution in [0.25, 0.3) is 0 Å². The average Bonchev–Trinajstić information content (AvgIpc) is 3.08. The van der Waals surface area contributed by atoms with Gasteiger partial charge in [-0.15, -0.1) is 0 Å². The number of hydrogen-bond acceptors (Lipinski definition) is 5. The van der Waals surface area contributed by atoms with Crippen LogP contribution in [0.4, 0.5) is 0 Å². The summed E-state index contributed by atoms with van der Waals surface area (Å²) < 4.78 is 11.1. The number of ether oxygens (including phenoxy) is 2. The van der Waals surface area contributed by atoms with Crippen molar-refractivity contribution in [2.24, 2.45) is 29.6 Å². The number of aliphatic hydroxyl groups is 1. The van der Waals surface area contributed by atoms with Crippen LogP contribution in [-0.2, 0) is 19.1 Å². The lowest BCUT2D eigenvalue weighted by Crippen LogP contribution is -2.33. The topological polar surface area (TPSA) is 72.8 Å². The fourth-order valence-electron chi connectivity index (χ4n) is 8.94. The molecule has 0 saturated heterocycles. The van der Waals surface area contributed by atoms with E-state index in [1.807, 2.05) is 0 Å². The van der Waals surface area contributed by atoms with Crippen molar-refractivity contribution < 1.29 is 24.2 Å². The third kappa shape index (κ3) is 10.8. The SMILES string of the molecule is C=C(C)C(=O)OCC(COC(=O)C(=C)C(C)O)C1CCC(C2CCC(c3ccc(C4CCC(CCCCC)CC4)cc3C)CC2)CC1. The quantitative estimate of drug-likeness (QED) is 0.116. The number of esters is 2. The van der Waals surface area contributed by atoms with Crippen molar-refractivity contribution in [3.8, 4) is 0 Å². The van der Waals surface area contributed by atoms with E-state index in [2.05, 4.69) is 45.2 Å². The minimum absolute atomic E-state index is 0.0449. The van der Waals surface area contributed by atoms with E-state index in [4.69, 9.17) is 9.47 Å². The van der Waals surface area contributed by atoms with Crippen molar-refractivity contribution >= 4 is 11.9 Å². The highest BCUT2D eigenvalue weighted by Crippen LogP contribution is 2.46. The number of carbonyl (C=O) groups is 2. The number of aryl methyl sites for hydroxylation is 1. The molecule has 0 radical (unpaired) electrons. The number of hydrogen-bond donors (Lipinski definition) is 1. The normalized spacial score (nSPS) is 27.8. The van der Waals surface area contributed by atoms with Crippen molar-refractivity contribution in [2.45, 2.75) is 148 Å². The number of benzene rings is 1. The Morgan fingerprint density at radius 3 is 1.96 bits per heavy atom. The molecule has 3 aliphatic carbocycles. The molecule has 0 spiro atoms. The molecule has 262 valence electrons. The van der Waals surface area contributed by atoms with Crippen LogP contribution in [0.1, 0.15) is 152 Å². The Bertz CT molecular complexity index is 1180. The van der Waals surface area contributed by atoms with Gasteiger partial charge in [0.25, 0.3) is 0 Å². The Balaban J connectivity index is 1.24. The number of unbranched alkanes of at least 4 members (excludes halogenated alkanes) is 2. The second-order valence-electron chi connectivity index (χ2n) is 15.6. The molecule has 3 saturated carbocycles. The Kier molecular flexibility index (Phi) is 14.6. The highest BCUT2D eigenvalue weighted by molar-refractivity contribution is 5.88. The van der Waals surface area contributed by atoms with Gasteiger partial charge in [0.2, 0.25) is 0 Å². The highest BCUT2D eigenvalue weighted by Gasteiger charge is 2.35. The lowest BCUT2D eigenvalue weighted by atomic mass is 9.66. The molecule has 1 aromatic carbocycles. The van der Waals surface area contributed by atoms with Gasteiger partial charge in [0.1, 0.15) is 0 Å². The molecule has 2 unspecified atom stereocenters. The minimum atomic E-state index is -0.953. The molecular formula is C42H64O5. The number of rotatable bonds is 15. The van der Waals surface area contributed by atoms with Gasteiger partial charge in [0.15, 0.2) is 0 Å². The first-order valence-electron chi connectivity index (χ1n) is 19.0. The van der Waals surface area contributed by atoms with Crippen LogP contribution in [0, 0.1) is 36.5 Å². The first kappa shape index (κ1) is 37.4. The summed E-state index contributed by atoms with van der Waals surface area (Å²) >= 11 is 0.